The lowest BCUT2D eigenvalue weighted by atomic mass is 10.4. The summed E-state index contributed by atoms with van der Waals surface area (Å²) in [7, 11) is 1.91. The number of hydrogen-bond donors (Lipinski definition) is 0. The molecule has 1 rings (SSSR count). The van der Waals surface area contributed by atoms with Crippen LogP contribution in [0.25, 0.3) is 0 Å². The van der Waals surface area contributed by atoms with Crippen LogP contribution in [0.4, 0.5) is 0 Å². The summed E-state index contributed by atoms with van der Waals surface area (Å²) in [5.41, 5.74) is 1.19. The van der Waals surface area contributed by atoms with Crippen LogP contribution in [0.5, 0.6) is 0 Å². The highest BCUT2D eigenvalue weighted by molar-refractivity contribution is 14.1. The number of nitrogens with zero attached hydrogens (tertiary/aromatic N) is 1. The molecular weight excluding hydrogens is 229 g/mol. The van der Waals surface area contributed by atoms with Crippen molar-refractivity contribution in [2.45, 2.75) is 13.8 Å². The smallest absolute Gasteiger partial charge is 0.241 e. The summed E-state index contributed by atoms with van der Waals surface area (Å²) < 4.78 is 8.25. The molecule has 0 fully saturated rings. The zero-order chi connectivity index (χ0) is 7.02. The van der Waals surface area contributed by atoms with Crippen molar-refractivity contribution in [3.05, 3.63) is 15.0 Å². The van der Waals surface area contributed by atoms with Crippen molar-refractivity contribution < 1.29 is 9.26 Å². The standard InChI is InChI=1S/C6H9INO/c1-4-6(7)5(2)9-8(4)3/h1-3H3/q+1. The maximum atomic E-state index is 5.25. The maximum absolute atomic E-state index is 5.25. The Morgan fingerprint density at radius 2 is 2.00 bits per heavy atom. The number of aryl methyl sites for hydroxylation is 2. The van der Waals surface area contributed by atoms with Crippen LogP contribution < -0.4 is 4.74 Å². The Hall–Kier alpha value is -0.0600. The number of rotatable bonds is 0. The van der Waals surface area contributed by atoms with Crippen LogP contribution in [0.2, 0.25) is 0 Å². The number of aromatic nitrogens is 1. The third kappa shape index (κ3) is 1.10. The maximum Gasteiger partial charge on any atom is 0.241 e. The minimum Gasteiger partial charge on any atom is -0.241 e. The van der Waals surface area contributed by atoms with E-state index >= 15 is 0 Å². The topological polar surface area (TPSA) is 17.0 Å². The van der Waals surface area contributed by atoms with Crippen LogP contribution >= 0.6 is 22.6 Å². The lowest BCUT2D eigenvalue weighted by molar-refractivity contribution is -0.850. The lowest BCUT2D eigenvalue weighted by Crippen LogP contribution is -2.27. The van der Waals surface area contributed by atoms with E-state index in [1.54, 1.807) is 4.74 Å². The number of halogens is 1. The Kier molecular flexibility index (Phi) is 1.79. The van der Waals surface area contributed by atoms with Gasteiger partial charge in [-0.05, 0) is 27.3 Å². The van der Waals surface area contributed by atoms with Gasteiger partial charge in [-0.15, -0.1) is 0 Å². The summed E-state index contributed by atoms with van der Waals surface area (Å²) in [6.45, 7) is 4.01. The molecule has 0 unspecified atom stereocenters. The van der Waals surface area contributed by atoms with Gasteiger partial charge in [0, 0.05) is 13.8 Å². The zero-order valence-electron chi connectivity index (χ0n) is 5.73. The third-order valence-electron chi connectivity index (χ3n) is 1.37. The van der Waals surface area contributed by atoms with E-state index in [0.717, 1.165) is 5.76 Å². The van der Waals surface area contributed by atoms with Gasteiger partial charge in [-0.1, -0.05) is 0 Å². The molecule has 1 aromatic rings. The van der Waals surface area contributed by atoms with Gasteiger partial charge < -0.3 is 0 Å². The van der Waals surface area contributed by atoms with Gasteiger partial charge in [-0.25, -0.2) is 4.52 Å². The molecule has 9 heavy (non-hydrogen) atoms. The van der Waals surface area contributed by atoms with Crippen LogP contribution in [-0.2, 0) is 7.05 Å². The summed E-state index contributed by atoms with van der Waals surface area (Å²) in [6, 6.07) is 0. The first-order chi connectivity index (χ1) is 4.13. The molecule has 0 amide bonds. The molecule has 0 atom stereocenters. The summed E-state index contributed by atoms with van der Waals surface area (Å²) in [4.78, 5) is 0. The molecule has 0 aromatic carbocycles. The lowest BCUT2D eigenvalue weighted by Gasteiger charge is -1.74. The zero-order valence-corrected chi connectivity index (χ0v) is 7.89. The first-order valence-electron chi connectivity index (χ1n) is 2.75. The molecule has 0 N–H and O–H groups in total. The van der Waals surface area contributed by atoms with E-state index in [1.165, 1.54) is 9.26 Å². The van der Waals surface area contributed by atoms with Gasteiger partial charge in [-0.2, -0.15) is 0 Å². The fourth-order valence-electron chi connectivity index (χ4n) is 0.707. The molecule has 0 aliphatic rings. The summed E-state index contributed by atoms with van der Waals surface area (Å²) in [6.07, 6.45) is 0. The van der Waals surface area contributed by atoms with E-state index in [4.69, 9.17) is 4.52 Å². The third-order valence-corrected chi connectivity index (χ3v) is 2.91. The van der Waals surface area contributed by atoms with E-state index in [-0.39, 0.29) is 0 Å². The van der Waals surface area contributed by atoms with Crippen LogP contribution in [0, 0.1) is 17.4 Å². The van der Waals surface area contributed by atoms with Crippen molar-refractivity contribution in [1.29, 1.82) is 0 Å². The van der Waals surface area contributed by atoms with E-state index in [0.29, 0.717) is 0 Å². The Morgan fingerprint density at radius 3 is 2.11 bits per heavy atom. The Labute approximate surface area is 68.0 Å². The summed E-state index contributed by atoms with van der Waals surface area (Å²) in [5.74, 6) is 0.996. The quantitative estimate of drug-likeness (QED) is 0.492. The predicted molar refractivity (Wildman–Crippen MR) is 42.1 cm³/mol. The minimum atomic E-state index is 0.996. The van der Waals surface area contributed by atoms with Gasteiger partial charge in [-0.3, -0.25) is 0 Å². The van der Waals surface area contributed by atoms with Crippen LogP contribution in [0.15, 0.2) is 4.52 Å². The molecule has 50 valence electrons. The van der Waals surface area contributed by atoms with Gasteiger partial charge >= 0.3 is 0 Å². The fourth-order valence-corrected chi connectivity index (χ4v) is 1.15. The highest BCUT2D eigenvalue weighted by Gasteiger charge is 2.14. The summed E-state index contributed by atoms with van der Waals surface area (Å²) in [5, 5.41) is 0. The second-order valence-electron chi connectivity index (χ2n) is 2.04. The van der Waals surface area contributed by atoms with Crippen LogP contribution in [0.3, 0.4) is 0 Å². The largest absolute Gasteiger partial charge is 0.241 e. The second-order valence-corrected chi connectivity index (χ2v) is 3.12. The Bertz CT molecular complexity index is 207. The van der Waals surface area contributed by atoms with Crippen molar-refractivity contribution in [3.8, 4) is 0 Å². The Balaban J connectivity index is 3.29. The summed E-state index contributed by atoms with van der Waals surface area (Å²) >= 11 is 2.28. The normalized spacial score (nSPS) is 10.2. The molecule has 3 heteroatoms. The first-order valence-corrected chi connectivity index (χ1v) is 3.83. The fraction of sp³-hybridized carbons (Fsp3) is 0.500. The first kappa shape index (κ1) is 7.05. The number of hydrogen-bond acceptors (Lipinski definition) is 1. The molecule has 0 bridgehead atoms. The molecular formula is C6H9INO+. The average molecular weight is 238 g/mol. The van der Waals surface area contributed by atoms with Crippen molar-refractivity contribution in [2.75, 3.05) is 0 Å². The molecule has 0 aliphatic carbocycles. The highest BCUT2D eigenvalue weighted by Crippen LogP contribution is 2.11. The molecule has 0 aliphatic heterocycles. The van der Waals surface area contributed by atoms with E-state index in [1.807, 2.05) is 20.9 Å². The van der Waals surface area contributed by atoms with Crippen molar-refractivity contribution in [3.63, 3.8) is 0 Å². The van der Waals surface area contributed by atoms with Crippen LogP contribution in [-0.4, -0.2) is 0 Å². The van der Waals surface area contributed by atoms with Crippen LogP contribution in [0.1, 0.15) is 11.5 Å². The van der Waals surface area contributed by atoms with Gasteiger partial charge in [0.1, 0.15) is 3.57 Å². The molecule has 2 nitrogen and oxygen atoms in total. The van der Waals surface area contributed by atoms with Gasteiger partial charge in [0.15, 0.2) is 12.8 Å². The predicted octanol–water partition coefficient (Wildman–Crippen LogP) is 1.33. The van der Waals surface area contributed by atoms with Crippen molar-refractivity contribution in [2.24, 2.45) is 7.05 Å². The monoisotopic (exact) mass is 238 g/mol. The molecule has 1 heterocycles. The Morgan fingerprint density at radius 1 is 1.44 bits per heavy atom. The minimum absolute atomic E-state index is 0.996. The van der Waals surface area contributed by atoms with Gasteiger partial charge in [0.2, 0.25) is 5.69 Å². The molecule has 0 saturated carbocycles. The molecule has 1 aromatic heterocycles. The average Bonchev–Trinajstić information content (AvgIpc) is 1.98. The van der Waals surface area contributed by atoms with Crippen molar-refractivity contribution >= 4 is 22.6 Å². The van der Waals surface area contributed by atoms with Gasteiger partial charge in [0.05, 0.1) is 0 Å². The molecule has 0 saturated heterocycles. The van der Waals surface area contributed by atoms with Crippen molar-refractivity contribution in [1.82, 2.24) is 0 Å². The second kappa shape index (κ2) is 2.28. The SMILES string of the molecule is Cc1o[n+](C)c(C)c1I. The highest BCUT2D eigenvalue weighted by atomic mass is 127. The molecule has 0 spiro atoms. The van der Waals surface area contributed by atoms with E-state index < -0.39 is 0 Å². The molecule has 0 radical (unpaired) electrons. The van der Waals surface area contributed by atoms with Gasteiger partial charge in [0.25, 0.3) is 0 Å². The van der Waals surface area contributed by atoms with E-state index in [9.17, 15) is 0 Å². The van der Waals surface area contributed by atoms with E-state index in [2.05, 4.69) is 22.6 Å².